The molecule has 0 atom stereocenters. The Labute approximate surface area is 213 Å². The molecule has 1 aromatic carbocycles. The number of para-hydroxylation sites is 1. The van der Waals surface area contributed by atoms with Crippen molar-refractivity contribution >= 4 is 23.4 Å². The van der Waals surface area contributed by atoms with Crippen LogP contribution in [0.2, 0.25) is 0 Å². The number of hydrogen-bond acceptors (Lipinski definition) is 7. The van der Waals surface area contributed by atoms with Crippen LogP contribution in [0.1, 0.15) is 46.4 Å². The van der Waals surface area contributed by atoms with Gasteiger partial charge in [-0.25, -0.2) is 9.31 Å². The molecule has 1 aliphatic heterocycles. The topological polar surface area (TPSA) is 137 Å². The van der Waals surface area contributed by atoms with E-state index >= 15 is 0 Å². The molecule has 2 aromatic heterocycles. The van der Waals surface area contributed by atoms with Crippen LogP contribution in [-0.4, -0.2) is 70.9 Å². The summed E-state index contributed by atoms with van der Waals surface area (Å²) in [6, 6.07) is 10.6. The van der Waals surface area contributed by atoms with Gasteiger partial charge in [-0.15, -0.1) is 0 Å². The summed E-state index contributed by atoms with van der Waals surface area (Å²) in [5.41, 5.74) is 6.98. The molecule has 2 fully saturated rings. The number of nitrogens with two attached hydrogens (primary N) is 1. The minimum absolute atomic E-state index is 0.0210. The van der Waals surface area contributed by atoms with Crippen LogP contribution in [0.15, 0.2) is 48.8 Å². The summed E-state index contributed by atoms with van der Waals surface area (Å²) in [4.78, 5) is 37.7. The first-order valence-electron chi connectivity index (χ1n) is 12.2. The number of nitrogens with one attached hydrogen (secondary N) is 1. The summed E-state index contributed by atoms with van der Waals surface area (Å²) < 4.78 is 18.2. The maximum absolute atomic E-state index is 13.0. The van der Waals surface area contributed by atoms with Crippen molar-refractivity contribution in [1.29, 1.82) is 0 Å². The molecular formula is C26H29N5O6. The van der Waals surface area contributed by atoms with Gasteiger partial charge in [-0.2, -0.15) is 5.10 Å². The Kier molecular flexibility index (Phi) is 6.85. The van der Waals surface area contributed by atoms with Gasteiger partial charge in [0.1, 0.15) is 17.6 Å². The summed E-state index contributed by atoms with van der Waals surface area (Å²) in [7, 11) is 1.35. The molecule has 3 aromatic rings. The standard InChI is InChI=1S/C26H29N5O6/c1-35-26(34)30-13-19(14-30)36-18-10-11-22-21(12-28-31(22)15-18)25(33)29-16-6-8-17(9-7-16)37-23-5-3-2-4-20(23)24(27)32/h2-5,10-12,15-17,19H,6-9,13-14H2,1H3,(H2,27,32)(H,29,33)/t16-,17-. The van der Waals surface area contributed by atoms with Gasteiger partial charge in [0.05, 0.1) is 55.3 Å². The molecule has 0 bridgehead atoms. The summed E-state index contributed by atoms with van der Waals surface area (Å²) in [6.07, 6.45) is 5.77. The molecule has 0 spiro atoms. The minimum atomic E-state index is -0.517. The lowest BCUT2D eigenvalue weighted by Gasteiger charge is -2.37. The van der Waals surface area contributed by atoms with E-state index in [0.717, 1.165) is 25.7 Å². The quantitative estimate of drug-likeness (QED) is 0.501. The second-order valence-electron chi connectivity index (χ2n) is 9.29. The van der Waals surface area contributed by atoms with E-state index < -0.39 is 5.91 Å². The summed E-state index contributed by atoms with van der Waals surface area (Å²) in [6.45, 7) is 0.921. The van der Waals surface area contributed by atoms with Crippen molar-refractivity contribution in [2.45, 2.75) is 43.9 Å². The molecule has 1 saturated heterocycles. The molecule has 3 N–H and O–H groups in total. The fourth-order valence-corrected chi connectivity index (χ4v) is 4.73. The molecule has 3 heterocycles. The number of benzene rings is 1. The zero-order valence-electron chi connectivity index (χ0n) is 20.5. The Balaban J connectivity index is 1.14. The Morgan fingerprint density at radius 2 is 1.73 bits per heavy atom. The van der Waals surface area contributed by atoms with Gasteiger partial charge in [0.15, 0.2) is 0 Å². The number of nitrogens with zero attached hydrogens (tertiary/aromatic N) is 3. The highest BCUT2D eigenvalue weighted by Crippen LogP contribution is 2.27. The Bertz CT molecular complexity index is 1310. The van der Waals surface area contributed by atoms with Crippen molar-refractivity contribution in [3.63, 3.8) is 0 Å². The van der Waals surface area contributed by atoms with E-state index in [4.69, 9.17) is 15.2 Å². The van der Waals surface area contributed by atoms with Gasteiger partial charge >= 0.3 is 6.09 Å². The Morgan fingerprint density at radius 1 is 0.973 bits per heavy atom. The highest BCUT2D eigenvalue weighted by molar-refractivity contribution is 6.00. The van der Waals surface area contributed by atoms with Gasteiger partial charge in [-0.3, -0.25) is 9.59 Å². The van der Waals surface area contributed by atoms with E-state index in [1.54, 1.807) is 52.1 Å². The third-order valence-electron chi connectivity index (χ3n) is 6.77. The van der Waals surface area contributed by atoms with E-state index in [1.165, 1.54) is 7.11 Å². The van der Waals surface area contributed by atoms with Crippen LogP contribution < -0.4 is 20.5 Å². The van der Waals surface area contributed by atoms with Crippen LogP contribution >= 0.6 is 0 Å². The Morgan fingerprint density at radius 3 is 2.46 bits per heavy atom. The first-order valence-corrected chi connectivity index (χ1v) is 12.2. The predicted molar refractivity (Wildman–Crippen MR) is 133 cm³/mol. The average Bonchev–Trinajstić information content (AvgIpc) is 3.30. The lowest BCUT2D eigenvalue weighted by Crippen LogP contribution is -2.56. The highest BCUT2D eigenvalue weighted by Gasteiger charge is 2.33. The summed E-state index contributed by atoms with van der Waals surface area (Å²) >= 11 is 0. The van der Waals surface area contributed by atoms with Crippen molar-refractivity contribution in [1.82, 2.24) is 19.8 Å². The second-order valence-corrected chi connectivity index (χ2v) is 9.29. The predicted octanol–water partition coefficient (Wildman–Crippen LogP) is 2.38. The fourth-order valence-electron chi connectivity index (χ4n) is 4.73. The number of carbonyl (C=O) groups is 3. The molecule has 1 aliphatic carbocycles. The van der Waals surface area contributed by atoms with Crippen molar-refractivity contribution in [2.75, 3.05) is 20.2 Å². The van der Waals surface area contributed by atoms with Crippen molar-refractivity contribution in [2.24, 2.45) is 5.73 Å². The number of methoxy groups -OCH3 is 1. The SMILES string of the molecule is COC(=O)N1CC(Oc2ccc3c(C(=O)N[C@H]4CC[C@H](Oc5ccccc5C(N)=O)CC4)cnn3c2)C1. The lowest BCUT2D eigenvalue weighted by molar-refractivity contribution is 0.0180. The van der Waals surface area contributed by atoms with Gasteiger partial charge in [0.25, 0.3) is 11.8 Å². The number of primary amides is 1. The maximum Gasteiger partial charge on any atom is 0.409 e. The number of carbonyl (C=O) groups excluding carboxylic acids is 3. The fraction of sp³-hybridized carbons (Fsp3) is 0.385. The third kappa shape index (κ3) is 5.30. The van der Waals surface area contributed by atoms with Gasteiger partial charge in [0.2, 0.25) is 0 Å². The summed E-state index contributed by atoms with van der Waals surface area (Å²) in [5, 5.41) is 7.43. The van der Waals surface area contributed by atoms with Gasteiger partial charge in [-0.1, -0.05) is 12.1 Å². The van der Waals surface area contributed by atoms with Crippen LogP contribution in [0.4, 0.5) is 4.79 Å². The van der Waals surface area contributed by atoms with E-state index in [1.807, 2.05) is 6.07 Å². The number of hydrogen-bond donors (Lipinski definition) is 2. The van der Waals surface area contributed by atoms with E-state index in [0.29, 0.717) is 41.2 Å². The molecular weight excluding hydrogens is 478 g/mol. The van der Waals surface area contributed by atoms with Crippen molar-refractivity contribution in [3.05, 3.63) is 59.9 Å². The van der Waals surface area contributed by atoms with Crippen LogP contribution in [0.3, 0.4) is 0 Å². The zero-order chi connectivity index (χ0) is 25.9. The van der Waals surface area contributed by atoms with Gasteiger partial charge < -0.3 is 30.2 Å². The van der Waals surface area contributed by atoms with E-state index in [2.05, 4.69) is 15.2 Å². The highest BCUT2D eigenvalue weighted by atomic mass is 16.5. The Hall–Kier alpha value is -4.28. The molecule has 37 heavy (non-hydrogen) atoms. The van der Waals surface area contributed by atoms with Crippen LogP contribution in [0.5, 0.6) is 11.5 Å². The minimum Gasteiger partial charge on any atom is -0.490 e. The molecule has 11 nitrogen and oxygen atoms in total. The first kappa shape index (κ1) is 24.4. The molecule has 5 rings (SSSR count). The number of aromatic nitrogens is 2. The third-order valence-corrected chi connectivity index (χ3v) is 6.77. The monoisotopic (exact) mass is 507 g/mol. The number of likely N-dealkylation sites (tertiary alicyclic amines) is 1. The zero-order valence-corrected chi connectivity index (χ0v) is 20.5. The van der Waals surface area contributed by atoms with Crippen molar-refractivity contribution < 1.29 is 28.6 Å². The number of pyridine rings is 1. The molecule has 3 amide bonds. The number of rotatable bonds is 7. The number of fused-ring (bicyclic) bond motifs is 1. The first-order chi connectivity index (χ1) is 17.9. The molecule has 11 heteroatoms. The normalized spacial score (nSPS) is 19.6. The molecule has 194 valence electrons. The van der Waals surface area contributed by atoms with Gasteiger partial charge in [0, 0.05) is 6.04 Å². The van der Waals surface area contributed by atoms with Crippen LogP contribution in [0.25, 0.3) is 5.52 Å². The van der Waals surface area contributed by atoms with E-state index in [9.17, 15) is 14.4 Å². The van der Waals surface area contributed by atoms with Crippen LogP contribution in [0, 0.1) is 0 Å². The van der Waals surface area contributed by atoms with E-state index in [-0.39, 0.29) is 30.3 Å². The maximum atomic E-state index is 13.0. The summed E-state index contributed by atoms with van der Waals surface area (Å²) in [5.74, 6) is 0.403. The smallest absolute Gasteiger partial charge is 0.409 e. The molecule has 2 aliphatic rings. The average molecular weight is 508 g/mol. The number of amides is 3. The lowest BCUT2D eigenvalue weighted by atomic mass is 9.92. The van der Waals surface area contributed by atoms with Gasteiger partial charge in [-0.05, 0) is 49.9 Å². The van der Waals surface area contributed by atoms with Crippen molar-refractivity contribution in [3.8, 4) is 11.5 Å². The largest absolute Gasteiger partial charge is 0.490 e. The number of ether oxygens (including phenoxy) is 3. The molecule has 1 saturated carbocycles. The molecule has 0 radical (unpaired) electrons. The van der Waals surface area contributed by atoms with Crippen LogP contribution in [-0.2, 0) is 4.74 Å². The second kappa shape index (κ2) is 10.4. The molecule has 0 unspecified atom stereocenters.